The molecule has 5 nitrogen and oxygen atoms in total. The van der Waals surface area contributed by atoms with Crippen molar-refractivity contribution in [1.29, 1.82) is 0 Å². The molecule has 1 unspecified atom stereocenters. The minimum absolute atomic E-state index is 0.645. The molecule has 0 aliphatic carbocycles. The van der Waals surface area contributed by atoms with Crippen LogP contribution in [0.4, 0.5) is 10.2 Å². The van der Waals surface area contributed by atoms with Crippen LogP contribution in [0.2, 0.25) is 0 Å². The van der Waals surface area contributed by atoms with Crippen molar-refractivity contribution >= 4 is 45.1 Å². The Morgan fingerprint density at radius 1 is 1.30 bits per heavy atom. The van der Waals surface area contributed by atoms with Crippen molar-refractivity contribution in [2.45, 2.75) is 4.18 Å². The van der Waals surface area contributed by atoms with Crippen molar-refractivity contribution in [3.05, 3.63) is 72.8 Å². The molecule has 3 aromatic heterocycles. The van der Waals surface area contributed by atoms with Gasteiger partial charge in [0.2, 0.25) is 0 Å². The lowest BCUT2D eigenvalue weighted by atomic mass is 10.1. The van der Waals surface area contributed by atoms with E-state index in [4.69, 9.17) is 0 Å². The molecule has 0 radical (unpaired) electrons. The van der Waals surface area contributed by atoms with Gasteiger partial charge in [-0.2, -0.15) is 0 Å². The monoisotopic (exact) mass is 473 g/mol. The summed E-state index contributed by atoms with van der Waals surface area (Å²) in [5.41, 5.74) is 3.71. The molecule has 136 valence electrons. The van der Waals surface area contributed by atoms with Gasteiger partial charge >= 0.3 is 0 Å². The molecule has 1 aromatic carbocycles. The Kier molecular flexibility index (Phi) is 4.69. The summed E-state index contributed by atoms with van der Waals surface area (Å²) >= 11 is 1.78. The number of halogens is 2. The SMILES string of the molecule is C=C(Nc1ccc2cc(-c3ccccc3C(F)I)[nH]c2n1)c1nccn1C. The molecular formula is C20H17FIN5. The third kappa shape index (κ3) is 3.46. The number of pyridine rings is 1. The Balaban J connectivity index is 1.67. The molecule has 4 rings (SSSR count). The highest BCUT2D eigenvalue weighted by Crippen LogP contribution is 2.34. The number of hydrogen-bond acceptors (Lipinski definition) is 3. The van der Waals surface area contributed by atoms with Crippen LogP contribution in [0.25, 0.3) is 28.0 Å². The standard InChI is InChI=1S/C20H17FIN5/c1-12(20-23-9-10-27(20)2)24-17-8-7-13-11-16(25-19(13)26-17)14-5-3-4-6-15(14)18(21)22/h3-11,18H,1H2,2H3,(H2,24,25,26). The third-order valence-corrected chi connectivity index (χ3v) is 5.01. The van der Waals surface area contributed by atoms with Crippen molar-refractivity contribution in [3.8, 4) is 11.3 Å². The summed E-state index contributed by atoms with van der Waals surface area (Å²) in [5.74, 6) is 1.41. The number of nitrogens with zero attached hydrogens (tertiary/aromatic N) is 3. The fourth-order valence-electron chi connectivity index (χ4n) is 3.02. The molecule has 7 heteroatoms. The Morgan fingerprint density at radius 3 is 2.85 bits per heavy atom. The molecule has 4 aromatic rings. The highest BCUT2D eigenvalue weighted by molar-refractivity contribution is 14.1. The topological polar surface area (TPSA) is 58.5 Å². The number of benzene rings is 1. The average Bonchev–Trinajstić information content (AvgIpc) is 3.27. The lowest BCUT2D eigenvalue weighted by Crippen LogP contribution is -2.04. The van der Waals surface area contributed by atoms with E-state index in [1.807, 2.05) is 54.2 Å². The Labute approximate surface area is 169 Å². The first kappa shape index (κ1) is 17.7. The second kappa shape index (κ2) is 7.15. The minimum atomic E-state index is -1.07. The van der Waals surface area contributed by atoms with E-state index >= 15 is 0 Å². The van der Waals surface area contributed by atoms with E-state index in [1.165, 1.54) is 0 Å². The van der Waals surface area contributed by atoms with Crippen LogP contribution in [0, 0.1) is 0 Å². The number of anilines is 1. The predicted octanol–water partition coefficient (Wildman–Crippen LogP) is 5.45. The first-order chi connectivity index (χ1) is 13.0. The van der Waals surface area contributed by atoms with Crippen molar-refractivity contribution in [2.75, 3.05) is 5.32 Å². The van der Waals surface area contributed by atoms with Gasteiger partial charge in [-0.05, 0) is 40.8 Å². The molecular weight excluding hydrogens is 456 g/mol. The third-order valence-electron chi connectivity index (χ3n) is 4.34. The number of aryl methyl sites for hydroxylation is 1. The number of aromatic amines is 1. The number of aromatic nitrogens is 4. The van der Waals surface area contributed by atoms with E-state index in [9.17, 15) is 4.39 Å². The van der Waals surface area contributed by atoms with Crippen LogP contribution in [-0.2, 0) is 7.05 Å². The summed E-state index contributed by atoms with van der Waals surface area (Å²) in [6.07, 6.45) is 3.58. The molecule has 0 amide bonds. The summed E-state index contributed by atoms with van der Waals surface area (Å²) in [4.78, 5) is 12.2. The number of rotatable bonds is 5. The van der Waals surface area contributed by atoms with Gasteiger partial charge in [-0.15, -0.1) is 0 Å². The van der Waals surface area contributed by atoms with Crippen LogP contribution in [0.5, 0.6) is 0 Å². The predicted molar refractivity (Wildman–Crippen MR) is 115 cm³/mol. The van der Waals surface area contributed by atoms with Crippen molar-refractivity contribution in [3.63, 3.8) is 0 Å². The Hall–Kier alpha value is -2.68. The van der Waals surface area contributed by atoms with Crippen LogP contribution in [0.3, 0.4) is 0 Å². The molecule has 1 atom stereocenters. The van der Waals surface area contributed by atoms with E-state index in [2.05, 4.69) is 26.8 Å². The number of nitrogens with one attached hydrogen (secondary N) is 2. The van der Waals surface area contributed by atoms with Crippen LogP contribution < -0.4 is 5.32 Å². The zero-order valence-electron chi connectivity index (χ0n) is 14.6. The van der Waals surface area contributed by atoms with E-state index in [0.29, 0.717) is 17.1 Å². The Bertz CT molecular complexity index is 1130. The highest BCUT2D eigenvalue weighted by Gasteiger charge is 2.14. The normalized spacial score (nSPS) is 12.3. The van der Waals surface area contributed by atoms with Gasteiger partial charge < -0.3 is 14.9 Å². The minimum Gasteiger partial charge on any atom is -0.339 e. The molecule has 0 aliphatic rings. The molecule has 0 saturated heterocycles. The van der Waals surface area contributed by atoms with E-state index in [1.54, 1.807) is 34.9 Å². The molecule has 0 aliphatic heterocycles. The van der Waals surface area contributed by atoms with Crippen LogP contribution in [0.1, 0.15) is 15.6 Å². The number of imidazole rings is 1. The van der Waals surface area contributed by atoms with Crippen LogP contribution >= 0.6 is 22.6 Å². The number of hydrogen-bond donors (Lipinski definition) is 2. The molecule has 27 heavy (non-hydrogen) atoms. The van der Waals surface area contributed by atoms with Gasteiger partial charge in [0.15, 0.2) is 10.0 Å². The summed E-state index contributed by atoms with van der Waals surface area (Å²) in [6.45, 7) is 4.03. The fraction of sp³-hybridized carbons (Fsp3) is 0.100. The molecule has 0 bridgehead atoms. The first-order valence-electron chi connectivity index (χ1n) is 8.34. The zero-order chi connectivity index (χ0) is 19.0. The average molecular weight is 473 g/mol. The van der Waals surface area contributed by atoms with Crippen LogP contribution in [-0.4, -0.2) is 19.5 Å². The number of alkyl halides is 2. The quantitative estimate of drug-likeness (QED) is 0.300. The second-order valence-electron chi connectivity index (χ2n) is 6.17. The molecule has 2 N–H and O–H groups in total. The summed E-state index contributed by atoms with van der Waals surface area (Å²) in [7, 11) is 1.91. The highest BCUT2D eigenvalue weighted by atomic mass is 127. The van der Waals surface area contributed by atoms with E-state index < -0.39 is 4.18 Å². The molecule has 3 heterocycles. The zero-order valence-corrected chi connectivity index (χ0v) is 16.7. The van der Waals surface area contributed by atoms with Gasteiger partial charge in [-0.3, -0.25) is 0 Å². The smallest absolute Gasteiger partial charge is 0.176 e. The number of H-pyrrole nitrogens is 1. The Morgan fingerprint density at radius 2 is 2.11 bits per heavy atom. The maximum Gasteiger partial charge on any atom is 0.176 e. The number of fused-ring (bicyclic) bond motifs is 1. The lowest BCUT2D eigenvalue weighted by molar-refractivity contribution is 0.491. The maximum atomic E-state index is 13.9. The summed E-state index contributed by atoms with van der Waals surface area (Å²) in [5, 5.41) is 4.14. The molecule has 0 fully saturated rings. The first-order valence-corrected chi connectivity index (χ1v) is 9.58. The van der Waals surface area contributed by atoms with Crippen molar-refractivity contribution < 1.29 is 4.39 Å². The van der Waals surface area contributed by atoms with Gasteiger partial charge in [-0.25, -0.2) is 14.4 Å². The fourth-order valence-corrected chi connectivity index (χ4v) is 3.56. The van der Waals surface area contributed by atoms with Gasteiger partial charge in [0.05, 0.1) is 5.70 Å². The van der Waals surface area contributed by atoms with Crippen molar-refractivity contribution in [1.82, 2.24) is 19.5 Å². The maximum absolute atomic E-state index is 13.9. The lowest BCUT2D eigenvalue weighted by Gasteiger charge is -2.08. The van der Waals surface area contributed by atoms with E-state index in [-0.39, 0.29) is 0 Å². The molecule has 0 saturated carbocycles. The van der Waals surface area contributed by atoms with Gasteiger partial charge in [0, 0.05) is 41.6 Å². The van der Waals surface area contributed by atoms with Gasteiger partial charge in [-0.1, -0.05) is 30.8 Å². The summed E-state index contributed by atoms with van der Waals surface area (Å²) < 4.78 is 14.8. The summed E-state index contributed by atoms with van der Waals surface area (Å²) in [6, 6.07) is 13.3. The van der Waals surface area contributed by atoms with Gasteiger partial charge in [0.25, 0.3) is 0 Å². The van der Waals surface area contributed by atoms with E-state index in [0.717, 1.165) is 28.1 Å². The molecule has 0 spiro atoms. The van der Waals surface area contributed by atoms with Crippen molar-refractivity contribution in [2.24, 2.45) is 7.05 Å². The van der Waals surface area contributed by atoms with Gasteiger partial charge in [0.1, 0.15) is 11.5 Å². The second-order valence-corrected chi connectivity index (χ2v) is 7.26. The van der Waals surface area contributed by atoms with Crippen LogP contribution in [0.15, 0.2) is 61.4 Å². The largest absolute Gasteiger partial charge is 0.339 e.